The number of carbonyl (C=O) groups excluding carboxylic acids is 1. The Morgan fingerprint density at radius 1 is 1.09 bits per heavy atom. The van der Waals surface area contributed by atoms with Crippen LogP contribution in [0, 0.1) is 0 Å². The van der Waals surface area contributed by atoms with Crippen molar-refractivity contribution in [1.82, 2.24) is 9.97 Å². The first-order valence-corrected chi connectivity index (χ1v) is 7.02. The van der Waals surface area contributed by atoms with Crippen LogP contribution in [0.5, 0.6) is 0 Å². The number of hydrogen-bond acceptors (Lipinski definition) is 3. The van der Waals surface area contributed by atoms with Crippen molar-refractivity contribution in [3.8, 4) is 0 Å². The van der Waals surface area contributed by atoms with Gasteiger partial charge in [-0.1, -0.05) is 17.7 Å². The second-order valence-electron chi connectivity index (χ2n) is 4.73. The lowest BCUT2D eigenvalue weighted by Crippen LogP contribution is -2.31. The third-order valence-electron chi connectivity index (χ3n) is 3.22. The number of amides is 2. The zero-order valence-electron chi connectivity index (χ0n) is 11.8. The van der Waals surface area contributed by atoms with Gasteiger partial charge in [0.2, 0.25) is 0 Å². The Hall–Kier alpha value is -2.66. The molecular formula is C16H13ClN4O. The molecule has 110 valence electrons. The van der Waals surface area contributed by atoms with Crippen LogP contribution in [0.25, 0.3) is 11.0 Å². The van der Waals surface area contributed by atoms with Crippen molar-refractivity contribution in [2.24, 2.45) is 0 Å². The maximum absolute atomic E-state index is 12.3. The van der Waals surface area contributed by atoms with E-state index < -0.39 is 0 Å². The van der Waals surface area contributed by atoms with Gasteiger partial charge in [-0.3, -0.25) is 14.9 Å². The minimum Gasteiger partial charge on any atom is -0.307 e. The van der Waals surface area contributed by atoms with Gasteiger partial charge in [0.1, 0.15) is 0 Å². The van der Waals surface area contributed by atoms with Crippen molar-refractivity contribution in [3.63, 3.8) is 0 Å². The minimum atomic E-state index is -0.259. The molecule has 22 heavy (non-hydrogen) atoms. The zero-order valence-corrected chi connectivity index (χ0v) is 12.6. The number of urea groups is 1. The SMILES string of the molecule is CN(C(=O)Nc1cccc(Cl)c1)c1ccc2nccnc2c1. The van der Waals surface area contributed by atoms with Crippen LogP contribution in [0.3, 0.4) is 0 Å². The highest BCUT2D eigenvalue weighted by molar-refractivity contribution is 6.30. The first-order chi connectivity index (χ1) is 10.6. The minimum absolute atomic E-state index is 0.259. The Morgan fingerprint density at radius 3 is 2.64 bits per heavy atom. The van der Waals surface area contributed by atoms with Crippen molar-refractivity contribution >= 4 is 40.0 Å². The Kier molecular flexibility index (Phi) is 3.89. The third-order valence-corrected chi connectivity index (χ3v) is 3.46. The van der Waals surface area contributed by atoms with Gasteiger partial charge in [0, 0.05) is 35.8 Å². The fraction of sp³-hybridized carbons (Fsp3) is 0.0625. The highest BCUT2D eigenvalue weighted by atomic mass is 35.5. The topological polar surface area (TPSA) is 58.1 Å². The molecule has 0 aliphatic rings. The Bertz CT molecular complexity index is 837. The molecule has 0 saturated carbocycles. The molecule has 0 atom stereocenters. The monoisotopic (exact) mass is 312 g/mol. The molecular weight excluding hydrogens is 300 g/mol. The van der Waals surface area contributed by atoms with E-state index in [4.69, 9.17) is 11.6 Å². The van der Waals surface area contributed by atoms with E-state index in [0.29, 0.717) is 10.7 Å². The Labute approximate surface area is 132 Å². The van der Waals surface area contributed by atoms with Gasteiger partial charge in [0.05, 0.1) is 11.0 Å². The van der Waals surface area contributed by atoms with E-state index in [1.54, 1.807) is 43.7 Å². The molecule has 0 spiro atoms. The van der Waals surface area contributed by atoms with E-state index in [2.05, 4.69) is 15.3 Å². The Morgan fingerprint density at radius 2 is 1.86 bits per heavy atom. The van der Waals surface area contributed by atoms with Crippen LogP contribution in [0.4, 0.5) is 16.2 Å². The molecule has 2 aromatic carbocycles. The van der Waals surface area contributed by atoms with Crippen LogP contribution >= 0.6 is 11.6 Å². The fourth-order valence-corrected chi connectivity index (χ4v) is 2.24. The van der Waals surface area contributed by atoms with Gasteiger partial charge in [-0.2, -0.15) is 0 Å². The molecule has 0 fully saturated rings. The van der Waals surface area contributed by atoms with E-state index in [9.17, 15) is 4.79 Å². The average molecular weight is 313 g/mol. The van der Waals surface area contributed by atoms with Gasteiger partial charge < -0.3 is 5.32 Å². The first kappa shape index (κ1) is 14.3. The molecule has 0 aliphatic heterocycles. The molecule has 2 amide bonds. The number of fused-ring (bicyclic) bond motifs is 1. The number of nitrogens with zero attached hydrogens (tertiary/aromatic N) is 3. The van der Waals surface area contributed by atoms with E-state index in [-0.39, 0.29) is 6.03 Å². The molecule has 0 bridgehead atoms. The van der Waals surface area contributed by atoms with Gasteiger partial charge in [-0.25, -0.2) is 4.79 Å². The summed E-state index contributed by atoms with van der Waals surface area (Å²) in [4.78, 5) is 22.3. The summed E-state index contributed by atoms with van der Waals surface area (Å²) in [5.74, 6) is 0. The van der Waals surface area contributed by atoms with Crippen molar-refractivity contribution < 1.29 is 4.79 Å². The van der Waals surface area contributed by atoms with Gasteiger partial charge in [-0.15, -0.1) is 0 Å². The van der Waals surface area contributed by atoms with Crippen molar-refractivity contribution in [2.75, 3.05) is 17.3 Å². The van der Waals surface area contributed by atoms with Crippen LogP contribution in [0.15, 0.2) is 54.9 Å². The smallest absolute Gasteiger partial charge is 0.307 e. The number of anilines is 2. The van der Waals surface area contributed by atoms with Gasteiger partial charge >= 0.3 is 6.03 Å². The molecule has 0 saturated heterocycles. The van der Waals surface area contributed by atoms with Crippen molar-refractivity contribution in [2.45, 2.75) is 0 Å². The Balaban J connectivity index is 1.82. The summed E-state index contributed by atoms with van der Waals surface area (Å²) < 4.78 is 0. The molecule has 0 unspecified atom stereocenters. The maximum atomic E-state index is 12.3. The van der Waals surface area contributed by atoms with E-state index in [0.717, 1.165) is 16.7 Å². The van der Waals surface area contributed by atoms with Crippen LogP contribution in [-0.4, -0.2) is 23.0 Å². The lowest BCUT2D eigenvalue weighted by atomic mass is 10.2. The van der Waals surface area contributed by atoms with Gasteiger partial charge in [0.25, 0.3) is 0 Å². The number of benzene rings is 2. The summed E-state index contributed by atoms with van der Waals surface area (Å²) in [5.41, 5.74) is 2.90. The lowest BCUT2D eigenvalue weighted by Gasteiger charge is -2.18. The molecule has 6 heteroatoms. The fourth-order valence-electron chi connectivity index (χ4n) is 2.05. The van der Waals surface area contributed by atoms with Gasteiger partial charge in [-0.05, 0) is 36.4 Å². The summed E-state index contributed by atoms with van der Waals surface area (Å²) >= 11 is 5.91. The number of carbonyl (C=O) groups is 1. The van der Waals surface area contributed by atoms with Crippen molar-refractivity contribution in [1.29, 1.82) is 0 Å². The molecule has 3 rings (SSSR count). The van der Waals surface area contributed by atoms with Crippen LogP contribution in [0.1, 0.15) is 0 Å². The second-order valence-corrected chi connectivity index (χ2v) is 5.17. The van der Waals surface area contributed by atoms with Crippen LogP contribution in [-0.2, 0) is 0 Å². The summed E-state index contributed by atoms with van der Waals surface area (Å²) in [7, 11) is 1.69. The summed E-state index contributed by atoms with van der Waals surface area (Å²) in [6.45, 7) is 0. The number of aromatic nitrogens is 2. The first-order valence-electron chi connectivity index (χ1n) is 6.64. The number of halogens is 1. The summed E-state index contributed by atoms with van der Waals surface area (Å²) in [6.07, 6.45) is 3.26. The number of hydrogen-bond donors (Lipinski definition) is 1. The molecule has 3 aromatic rings. The van der Waals surface area contributed by atoms with Crippen LogP contribution in [0.2, 0.25) is 5.02 Å². The molecule has 5 nitrogen and oxygen atoms in total. The molecule has 0 aliphatic carbocycles. The highest BCUT2D eigenvalue weighted by Crippen LogP contribution is 2.20. The van der Waals surface area contributed by atoms with E-state index in [1.165, 1.54) is 4.90 Å². The van der Waals surface area contributed by atoms with Crippen molar-refractivity contribution in [3.05, 3.63) is 59.9 Å². The maximum Gasteiger partial charge on any atom is 0.326 e. The molecule has 0 radical (unpaired) electrons. The lowest BCUT2D eigenvalue weighted by molar-refractivity contribution is 0.258. The summed E-state index contributed by atoms with van der Waals surface area (Å²) in [6, 6.07) is 12.2. The zero-order chi connectivity index (χ0) is 15.5. The molecule has 1 heterocycles. The highest BCUT2D eigenvalue weighted by Gasteiger charge is 2.12. The standard InChI is InChI=1S/C16H13ClN4O/c1-21(16(22)20-12-4-2-3-11(17)9-12)13-5-6-14-15(10-13)19-8-7-18-14/h2-10H,1H3,(H,20,22). The number of nitrogens with one attached hydrogen (secondary N) is 1. The molecule has 1 aromatic heterocycles. The quantitative estimate of drug-likeness (QED) is 0.779. The predicted octanol–water partition coefficient (Wildman–Crippen LogP) is 3.95. The average Bonchev–Trinajstić information content (AvgIpc) is 2.53. The predicted molar refractivity (Wildman–Crippen MR) is 88.4 cm³/mol. The van der Waals surface area contributed by atoms with Crippen LogP contribution < -0.4 is 10.2 Å². The molecule has 1 N–H and O–H groups in total. The summed E-state index contributed by atoms with van der Waals surface area (Å²) in [5, 5.41) is 3.37. The normalized spacial score (nSPS) is 10.5. The second kappa shape index (κ2) is 5.99. The largest absolute Gasteiger partial charge is 0.326 e. The third kappa shape index (κ3) is 2.99. The van der Waals surface area contributed by atoms with E-state index >= 15 is 0 Å². The van der Waals surface area contributed by atoms with E-state index in [1.807, 2.05) is 18.2 Å². The van der Waals surface area contributed by atoms with Gasteiger partial charge in [0.15, 0.2) is 0 Å². The number of rotatable bonds is 2.